The number of rotatable bonds is 16. The van der Waals surface area contributed by atoms with Gasteiger partial charge in [0.25, 0.3) is 0 Å². The number of carbonyl (C=O) groups is 2. The lowest BCUT2D eigenvalue weighted by Crippen LogP contribution is -2.30. The molecule has 0 aliphatic heterocycles. The van der Waals surface area contributed by atoms with Crippen molar-refractivity contribution in [2.45, 2.75) is 38.9 Å². The maximum Gasteiger partial charge on any atom is 0.315 e. The first-order valence-electron chi connectivity index (χ1n) is 8.48. The summed E-state index contributed by atoms with van der Waals surface area (Å²) in [7, 11) is 0. The van der Waals surface area contributed by atoms with E-state index in [0.717, 1.165) is 38.9 Å². The zero-order valence-corrected chi connectivity index (χ0v) is 19.1. The summed E-state index contributed by atoms with van der Waals surface area (Å²) in [6, 6.07) is 0. The predicted molar refractivity (Wildman–Crippen MR) is 112 cm³/mol. The Morgan fingerprint density at radius 1 is 0.960 bits per heavy atom. The number of nitrogens with zero attached hydrogens (tertiary/aromatic N) is 1. The van der Waals surface area contributed by atoms with Gasteiger partial charge in [-0.1, -0.05) is 52.1 Å². The Labute approximate surface area is 177 Å². The minimum Gasteiger partial charge on any atom is -0.466 e. The molecular formula is C16H29I2NO6. The van der Waals surface area contributed by atoms with Crippen LogP contribution in [0, 0.1) is 0 Å². The Bertz CT molecular complexity index is 336. The van der Waals surface area contributed by atoms with Crippen LogP contribution in [-0.2, 0) is 23.8 Å². The fraction of sp³-hybridized carbons (Fsp3) is 0.875. The molecule has 7 nitrogen and oxygen atoms in total. The van der Waals surface area contributed by atoms with Crippen LogP contribution in [0.25, 0.3) is 0 Å². The third-order valence-electron chi connectivity index (χ3n) is 3.22. The number of alkyl halides is 2. The van der Waals surface area contributed by atoms with Gasteiger partial charge in [0.05, 0.1) is 28.7 Å². The molecular weight excluding hydrogens is 556 g/mol. The zero-order chi connectivity index (χ0) is 18.9. The smallest absolute Gasteiger partial charge is 0.315 e. The highest BCUT2D eigenvalue weighted by Crippen LogP contribution is 2.01. The molecule has 0 heterocycles. The first-order valence-corrected chi connectivity index (χ1v) is 11.5. The first-order chi connectivity index (χ1) is 12.0. The third kappa shape index (κ3) is 16.2. The van der Waals surface area contributed by atoms with Crippen molar-refractivity contribution in [3.05, 3.63) is 0 Å². The third-order valence-corrected chi connectivity index (χ3v) is 4.60. The van der Waals surface area contributed by atoms with E-state index in [9.17, 15) is 14.7 Å². The Balaban J connectivity index is 4.03. The highest BCUT2D eigenvalue weighted by atomic mass is 127. The topological polar surface area (TPSA) is 85.3 Å². The molecule has 0 radical (unpaired) electrons. The number of carbonyl (C=O) groups excluding carboxylic acids is 2. The van der Waals surface area contributed by atoms with Gasteiger partial charge in [-0.3, -0.25) is 9.59 Å². The van der Waals surface area contributed by atoms with Gasteiger partial charge in [0.2, 0.25) is 0 Å². The monoisotopic (exact) mass is 585 g/mol. The van der Waals surface area contributed by atoms with Crippen molar-refractivity contribution in [1.29, 1.82) is 0 Å². The molecule has 0 fully saturated rings. The van der Waals surface area contributed by atoms with Crippen molar-refractivity contribution in [3.8, 4) is 0 Å². The van der Waals surface area contributed by atoms with Gasteiger partial charge in [0.15, 0.2) is 6.29 Å². The Morgan fingerprint density at radius 2 is 1.48 bits per heavy atom. The molecule has 0 saturated heterocycles. The van der Waals surface area contributed by atoms with Crippen molar-refractivity contribution >= 4 is 57.1 Å². The molecule has 1 atom stereocenters. The van der Waals surface area contributed by atoms with Crippen molar-refractivity contribution in [2.24, 2.45) is 0 Å². The number of aliphatic hydroxyl groups is 1. The van der Waals surface area contributed by atoms with Crippen LogP contribution in [0.2, 0.25) is 0 Å². The Morgan fingerprint density at radius 3 is 1.96 bits per heavy atom. The fourth-order valence-corrected chi connectivity index (χ4v) is 2.45. The summed E-state index contributed by atoms with van der Waals surface area (Å²) in [5, 5.41) is 9.38. The second-order valence-corrected chi connectivity index (χ2v) is 6.95. The lowest BCUT2D eigenvalue weighted by Gasteiger charge is -2.22. The van der Waals surface area contributed by atoms with Gasteiger partial charge >= 0.3 is 11.9 Å². The normalized spacial score (nSPS) is 12.2. The molecule has 0 spiro atoms. The van der Waals surface area contributed by atoms with Gasteiger partial charge in [0, 0.05) is 26.1 Å². The molecule has 0 aliphatic rings. The summed E-state index contributed by atoms with van der Waals surface area (Å²) in [6.07, 6.45) is 2.00. The highest BCUT2D eigenvalue weighted by Gasteiger charge is 2.08. The summed E-state index contributed by atoms with van der Waals surface area (Å²) in [6.45, 7) is 5.50. The average Bonchev–Trinajstić information content (AvgIpc) is 2.63. The number of halogens is 2. The van der Waals surface area contributed by atoms with Crippen LogP contribution < -0.4 is 0 Å². The molecule has 1 N–H and O–H groups in total. The van der Waals surface area contributed by atoms with Crippen LogP contribution >= 0.6 is 45.2 Å². The Hall–Kier alpha value is 0.280. The highest BCUT2D eigenvalue weighted by molar-refractivity contribution is 14.1. The van der Waals surface area contributed by atoms with E-state index in [-0.39, 0.29) is 11.9 Å². The quantitative estimate of drug-likeness (QED) is 0.0978. The van der Waals surface area contributed by atoms with E-state index in [1.54, 1.807) is 6.92 Å². The number of hydrogen-bond donors (Lipinski definition) is 1. The molecule has 0 aromatic heterocycles. The van der Waals surface area contributed by atoms with Crippen LogP contribution in [0.5, 0.6) is 0 Å². The molecule has 0 aliphatic carbocycles. The van der Waals surface area contributed by atoms with E-state index in [0.29, 0.717) is 35.1 Å². The van der Waals surface area contributed by atoms with Gasteiger partial charge in [-0.05, 0) is 19.3 Å². The molecule has 0 aromatic rings. The number of hydrogen-bond acceptors (Lipinski definition) is 7. The number of aliphatic hydroxyl groups excluding tert-OH is 1. The SMILES string of the molecule is CCC(=O)OCCCN(CCCOC(=O)CI)CCCOC(O)CI. The molecule has 25 heavy (non-hydrogen) atoms. The van der Waals surface area contributed by atoms with E-state index in [1.165, 1.54) is 0 Å². The van der Waals surface area contributed by atoms with Gasteiger partial charge in [-0.25, -0.2) is 0 Å². The second-order valence-electron chi connectivity index (χ2n) is 5.31. The van der Waals surface area contributed by atoms with E-state index in [1.807, 2.05) is 22.6 Å². The lowest BCUT2D eigenvalue weighted by atomic mass is 10.3. The zero-order valence-electron chi connectivity index (χ0n) is 14.8. The molecule has 9 heteroatoms. The first kappa shape index (κ1) is 25.3. The molecule has 0 rings (SSSR count). The summed E-state index contributed by atoms with van der Waals surface area (Å²) < 4.78 is 16.4. The van der Waals surface area contributed by atoms with Crippen LogP contribution in [0.1, 0.15) is 32.6 Å². The van der Waals surface area contributed by atoms with E-state index in [4.69, 9.17) is 14.2 Å². The van der Waals surface area contributed by atoms with Crippen LogP contribution in [0.15, 0.2) is 0 Å². The summed E-state index contributed by atoms with van der Waals surface area (Å²) in [5.74, 6) is -0.377. The number of ether oxygens (including phenoxy) is 3. The molecule has 0 saturated carbocycles. The van der Waals surface area contributed by atoms with E-state index in [2.05, 4.69) is 27.5 Å². The van der Waals surface area contributed by atoms with Crippen LogP contribution in [0.4, 0.5) is 0 Å². The maximum absolute atomic E-state index is 11.1. The van der Waals surface area contributed by atoms with Crippen molar-refractivity contribution in [2.75, 3.05) is 48.3 Å². The van der Waals surface area contributed by atoms with E-state index >= 15 is 0 Å². The molecule has 148 valence electrons. The summed E-state index contributed by atoms with van der Waals surface area (Å²) >= 11 is 4.05. The van der Waals surface area contributed by atoms with Crippen LogP contribution in [0.3, 0.4) is 0 Å². The lowest BCUT2D eigenvalue weighted by molar-refractivity contribution is -0.143. The van der Waals surface area contributed by atoms with Gasteiger partial charge in [0.1, 0.15) is 0 Å². The Kier molecular flexibility index (Phi) is 17.9. The standard InChI is InChI=1S/C16H29I2NO6/c1-2-14(20)23-9-3-6-19(7-4-10-24-15(21)12-17)8-5-11-25-16(22)13-18/h15,21H,2-13H2,1H3. The second kappa shape index (κ2) is 17.7. The predicted octanol–water partition coefficient (Wildman–Crippen LogP) is 2.16. The minimum absolute atomic E-state index is 0.182. The largest absolute Gasteiger partial charge is 0.466 e. The van der Waals surface area contributed by atoms with Crippen molar-refractivity contribution in [3.63, 3.8) is 0 Å². The van der Waals surface area contributed by atoms with Gasteiger partial charge in [-0.15, -0.1) is 0 Å². The molecule has 1 unspecified atom stereocenters. The average molecular weight is 585 g/mol. The maximum atomic E-state index is 11.1. The summed E-state index contributed by atoms with van der Waals surface area (Å²) in [4.78, 5) is 24.5. The minimum atomic E-state index is -0.713. The molecule has 0 amide bonds. The van der Waals surface area contributed by atoms with Crippen LogP contribution in [-0.4, -0.2) is 76.5 Å². The fourth-order valence-electron chi connectivity index (χ4n) is 1.98. The molecule has 0 aromatic carbocycles. The molecule has 0 bridgehead atoms. The van der Waals surface area contributed by atoms with Gasteiger partial charge in [-0.2, -0.15) is 0 Å². The summed E-state index contributed by atoms with van der Waals surface area (Å²) in [5.41, 5.74) is 0. The van der Waals surface area contributed by atoms with E-state index < -0.39 is 6.29 Å². The number of esters is 2. The van der Waals surface area contributed by atoms with Gasteiger partial charge < -0.3 is 24.2 Å². The van der Waals surface area contributed by atoms with Crippen molar-refractivity contribution < 1.29 is 28.9 Å². The van der Waals surface area contributed by atoms with Crippen molar-refractivity contribution in [1.82, 2.24) is 4.90 Å².